The summed E-state index contributed by atoms with van der Waals surface area (Å²) >= 11 is 0. The number of hydrogen-bond acceptors (Lipinski definition) is 2. The molecule has 2 N–H and O–H groups in total. The van der Waals surface area contributed by atoms with Crippen molar-refractivity contribution >= 4 is 0 Å². The van der Waals surface area contributed by atoms with Gasteiger partial charge in [-0.3, -0.25) is 4.98 Å². The number of hydrogen-bond donors (Lipinski definition) is 1. The zero-order chi connectivity index (χ0) is 11.8. The second-order valence-electron chi connectivity index (χ2n) is 5.68. The second-order valence-corrected chi connectivity index (χ2v) is 5.68. The number of aromatic nitrogens is 1. The Morgan fingerprint density at radius 1 is 1.25 bits per heavy atom. The molecule has 88 valence electrons. The van der Waals surface area contributed by atoms with Crippen LogP contribution in [0.25, 0.3) is 0 Å². The van der Waals surface area contributed by atoms with E-state index in [0.717, 1.165) is 25.7 Å². The number of rotatable bonds is 1. The third kappa shape index (κ3) is 2.09. The van der Waals surface area contributed by atoms with Crippen LogP contribution in [0.15, 0.2) is 18.5 Å². The van der Waals surface area contributed by atoms with Crippen molar-refractivity contribution in [2.24, 2.45) is 11.1 Å². The molecule has 1 heterocycles. The lowest BCUT2D eigenvalue weighted by molar-refractivity contribution is 0.162. The van der Waals surface area contributed by atoms with Crippen LogP contribution in [0.3, 0.4) is 0 Å². The van der Waals surface area contributed by atoms with Crippen LogP contribution >= 0.6 is 0 Å². The van der Waals surface area contributed by atoms with E-state index in [4.69, 9.17) is 5.73 Å². The largest absolute Gasteiger partial charge is 0.321 e. The highest BCUT2D eigenvalue weighted by Gasteiger charge is 2.37. The lowest BCUT2D eigenvalue weighted by Gasteiger charge is -2.41. The minimum Gasteiger partial charge on any atom is -0.321 e. The van der Waals surface area contributed by atoms with E-state index in [1.807, 2.05) is 0 Å². The number of halogens is 1. The molecule has 2 nitrogen and oxygen atoms in total. The standard InChI is InChI=1S/C13H19FN2/c1-12(2)4-6-13(15,7-5-12)10-3-8-16-9-11(10)14/h3,8-9H,4-7,15H2,1-2H3. The van der Waals surface area contributed by atoms with Crippen molar-refractivity contribution < 1.29 is 4.39 Å². The molecule has 1 fully saturated rings. The fourth-order valence-corrected chi connectivity index (χ4v) is 2.42. The summed E-state index contributed by atoms with van der Waals surface area (Å²) in [5.41, 5.74) is 6.80. The van der Waals surface area contributed by atoms with Crippen molar-refractivity contribution in [3.8, 4) is 0 Å². The Balaban J connectivity index is 2.25. The molecule has 1 saturated carbocycles. The Labute approximate surface area is 96.1 Å². The molecule has 0 spiro atoms. The first kappa shape index (κ1) is 11.5. The van der Waals surface area contributed by atoms with E-state index < -0.39 is 5.54 Å². The molecule has 1 aromatic heterocycles. The summed E-state index contributed by atoms with van der Waals surface area (Å²) in [5.74, 6) is -0.273. The highest BCUT2D eigenvalue weighted by molar-refractivity contribution is 5.24. The molecule has 0 amide bonds. The van der Waals surface area contributed by atoms with Crippen molar-refractivity contribution in [2.45, 2.75) is 45.1 Å². The van der Waals surface area contributed by atoms with Gasteiger partial charge in [-0.25, -0.2) is 4.39 Å². The molecule has 2 rings (SSSR count). The zero-order valence-electron chi connectivity index (χ0n) is 9.96. The summed E-state index contributed by atoms with van der Waals surface area (Å²) in [7, 11) is 0. The highest BCUT2D eigenvalue weighted by atomic mass is 19.1. The monoisotopic (exact) mass is 222 g/mol. The van der Waals surface area contributed by atoms with E-state index in [9.17, 15) is 4.39 Å². The van der Waals surface area contributed by atoms with Gasteiger partial charge in [-0.2, -0.15) is 0 Å². The van der Waals surface area contributed by atoms with E-state index in [1.54, 1.807) is 12.3 Å². The van der Waals surface area contributed by atoms with E-state index in [-0.39, 0.29) is 5.82 Å². The molecule has 0 unspecified atom stereocenters. The molecule has 0 saturated heterocycles. The fraction of sp³-hybridized carbons (Fsp3) is 0.615. The first-order chi connectivity index (χ1) is 7.43. The molecule has 0 atom stereocenters. The van der Waals surface area contributed by atoms with Crippen LogP contribution in [0.5, 0.6) is 0 Å². The van der Waals surface area contributed by atoms with Crippen LogP contribution in [-0.4, -0.2) is 4.98 Å². The lowest BCUT2D eigenvalue weighted by atomic mass is 9.67. The predicted molar refractivity (Wildman–Crippen MR) is 62.3 cm³/mol. The summed E-state index contributed by atoms with van der Waals surface area (Å²) < 4.78 is 13.7. The van der Waals surface area contributed by atoms with Gasteiger partial charge in [0.2, 0.25) is 0 Å². The van der Waals surface area contributed by atoms with Gasteiger partial charge in [0.05, 0.1) is 6.20 Å². The Morgan fingerprint density at radius 3 is 2.44 bits per heavy atom. The number of nitrogens with zero attached hydrogens (tertiary/aromatic N) is 1. The van der Waals surface area contributed by atoms with Crippen molar-refractivity contribution in [3.63, 3.8) is 0 Å². The second kappa shape index (κ2) is 3.81. The van der Waals surface area contributed by atoms with Gasteiger partial charge in [-0.15, -0.1) is 0 Å². The Hall–Kier alpha value is -0.960. The van der Waals surface area contributed by atoms with E-state index >= 15 is 0 Å². The summed E-state index contributed by atoms with van der Waals surface area (Å²) in [6.45, 7) is 4.49. The lowest BCUT2D eigenvalue weighted by Crippen LogP contribution is -2.43. The van der Waals surface area contributed by atoms with Crippen LogP contribution in [0.2, 0.25) is 0 Å². The number of nitrogens with two attached hydrogens (primary N) is 1. The van der Waals surface area contributed by atoms with E-state index in [0.29, 0.717) is 11.0 Å². The molecule has 0 radical (unpaired) electrons. The third-order valence-corrected chi connectivity index (χ3v) is 3.80. The van der Waals surface area contributed by atoms with Crippen molar-refractivity contribution in [2.75, 3.05) is 0 Å². The van der Waals surface area contributed by atoms with Crippen molar-refractivity contribution in [1.82, 2.24) is 4.98 Å². The molecule has 1 aliphatic carbocycles. The minimum absolute atomic E-state index is 0.273. The number of pyridine rings is 1. The third-order valence-electron chi connectivity index (χ3n) is 3.80. The molecule has 1 aliphatic rings. The first-order valence-electron chi connectivity index (χ1n) is 5.82. The van der Waals surface area contributed by atoms with Crippen LogP contribution in [-0.2, 0) is 5.54 Å². The zero-order valence-corrected chi connectivity index (χ0v) is 9.96. The van der Waals surface area contributed by atoms with Crippen molar-refractivity contribution in [3.05, 3.63) is 29.8 Å². The summed E-state index contributed by atoms with van der Waals surface area (Å²) in [5, 5.41) is 0. The Kier molecular flexibility index (Phi) is 2.74. The van der Waals surface area contributed by atoms with Gasteiger partial charge in [0.1, 0.15) is 5.82 Å². The molecule has 0 aliphatic heterocycles. The smallest absolute Gasteiger partial charge is 0.146 e. The van der Waals surface area contributed by atoms with E-state index in [1.165, 1.54) is 6.20 Å². The van der Waals surface area contributed by atoms with Gasteiger partial charge in [-0.1, -0.05) is 13.8 Å². The normalized spacial score (nSPS) is 23.0. The van der Waals surface area contributed by atoms with Crippen molar-refractivity contribution in [1.29, 1.82) is 0 Å². The van der Waals surface area contributed by atoms with Gasteiger partial charge in [0, 0.05) is 17.3 Å². The molecule has 16 heavy (non-hydrogen) atoms. The molecule has 0 aromatic carbocycles. The van der Waals surface area contributed by atoms with Gasteiger partial charge < -0.3 is 5.73 Å². The van der Waals surface area contributed by atoms with Crippen LogP contribution < -0.4 is 5.73 Å². The van der Waals surface area contributed by atoms with E-state index in [2.05, 4.69) is 18.8 Å². The summed E-state index contributed by atoms with van der Waals surface area (Å²) in [6.07, 6.45) is 6.66. The Morgan fingerprint density at radius 2 is 1.88 bits per heavy atom. The van der Waals surface area contributed by atoms with Crippen LogP contribution in [0, 0.1) is 11.2 Å². The summed E-state index contributed by atoms with van der Waals surface area (Å²) in [6, 6.07) is 1.72. The average molecular weight is 222 g/mol. The first-order valence-corrected chi connectivity index (χ1v) is 5.82. The van der Waals surface area contributed by atoms with Gasteiger partial charge in [-0.05, 0) is 37.2 Å². The topological polar surface area (TPSA) is 38.9 Å². The minimum atomic E-state index is -0.497. The molecular formula is C13H19FN2. The maximum atomic E-state index is 13.7. The van der Waals surface area contributed by atoms with Gasteiger partial charge in [0.15, 0.2) is 0 Å². The Bertz CT molecular complexity index is 377. The molecular weight excluding hydrogens is 203 g/mol. The summed E-state index contributed by atoms with van der Waals surface area (Å²) in [4.78, 5) is 3.77. The SMILES string of the molecule is CC1(C)CCC(N)(c2ccncc2F)CC1. The molecule has 1 aromatic rings. The van der Waals surface area contributed by atoms with Gasteiger partial charge in [0.25, 0.3) is 0 Å². The van der Waals surface area contributed by atoms with Crippen LogP contribution in [0.4, 0.5) is 4.39 Å². The predicted octanol–water partition coefficient (Wildman–Crippen LogP) is 2.97. The average Bonchev–Trinajstić information content (AvgIpc) is 2.24. The molecule has 0 bridgehead atoms. The quantitative estimate of drug-likeness (QED) is 0.793. The van der Waals surface area contributed by atoms with Gasteiger partial charge >= 0.3 is 0 Å². The molecule has 3 heteroatoms. The highest BCUT2D eigenvalue weighted by Crippen LogP contribution is 2.43. The van der Waals surface area contributed by atoms with Crippen LogP contribution in [0.1, 0.15) is 45.1 Å². The maximum absolute atomic E-state index is 13.7. The maximum Gasteiger partial charge on any atom is 0.146 e. The fourth-order valence-electron chi connectivity index (χ4n) is 2.42.